The fourth-order valence-electron chi connectivity index (χ4n) is 2.98. The zero-order chi connectivity index (χ0) is 13.9. The molecule has 2 aromatic rings. The van der Waals surface area contributed by atoms with Gasteiger partial charge in [-0.15, -0.1) is 0 Å². The van der Waals surface area contributed by atoms with Crippen LogP contribution in [0.15, 0.2) is 42.5 Å². The molecule has 1 saturated carbocycles. The number of hydrogen-bond acceptors (Lipinski definition) is 2. The van der Waals surface area contributed by atoms with Gasteiger partial charge in [0, 0.05) is 12.5 Å². The highest BCUT2D eigenvalue weighted by Gasteiger charge is 2.65. The number of ketones is 1. The van der Waals surface area contributed by atoms with Crippen LogP contribution < -0.4 is 4.74 Å². The van der Waals surface area contributed by atoms with Crippen molar-refractivity contribution in [2.45, 2.75) is 17.9 Å². The molecule has 0 saturated heterocycles. The standard InChI is InChI=1S/C16H10Cl2O2/c17-11-6-10-13(7-12(11)18)20-14-8-16(14,15(10)19)9-4-2-1-3-5-9/h1-7,14H,8H2. The van der Waals surface area contributed by atoms with Crippen LogP contribution in [0.1, 0.15) is 22.3 Å². The molecular weight excluding hydrogens is 295 g/mol. The van der Waals surface area contributed by atoms with Gasteiger partial charge in [0.25, 0.3) is 0 Å². The number of carbonyl (C=O) groups excluding carboxylic acids is 1. The second kappa shape index (κ2) is 4.00. The Morgan fingerprint density at radius 3 is 2.55 bits per heavy atom. The van der Waals surface area contributed by atoms with Gasteiger partial charge in [0.15, 0.2) is 5.78 Å². The van der Waals surface area contributed by atoms with Crippen molar-refractivity contribution < 1.29 is 9.53 Å². The van der Waals surface area contributed by atoms with Crippen molar-refractivity contribution in [1.82, 2.24) is 0 Å². The fraction of sp³-hybridized carbons (Fsp3) is 0.188. The molecule has 1 aliphatic carbocycles. The van der Waals surface area contributed by atoms with Gasteiger partial charge in [-0.2, -0.15) is 0 Å². The van der Waals surface area contributed by atoms with E-state index in [4.69, 9.17) is 27.9 Å². The van der Waals surface area contributed by atoms with Crippen molar-refractivity contribution in [3.8, 4) is 5.75 Å². The maximum atomic E-state index is 12.9. The molecule has 1 heterocycles. The van der Waals surface area contributed by atoms with E-state index in [1.165, 1.54) is 0 Å². The first kappa shape index (κ1) is 12.2. The number of hydrogen-bond donors (Lipinski definition) is 0. The van der Waals surface area contributed by atoms with E-state index in [0.29, 0.717) is 27.8 Å². The average molecular weight is 305 g/mol. The molecule has 0 bridgehead atoms. The Morgan fingerprint density at radius 2 is 1.80 bits per heavy atom. The summed E-state index contributed by atoms with van der Waals surface area (Å²) in [5, 5.41) is 0.788. The van der Waals surface area contributed by atoms with Crippen molar-refractivity contribution in [2.75, 3.05) is 0 Å². The Balaban J connectivity index is 1.86. The number of rotatable bonds is 1. The van der Waals surface area contributed by atoms with Crippen LogP contribution in [0.25, 0.3) is 0 Å². The third kappa shape index (κ3) is 1.49. The summed E-state index contributed by atoms with van der Waals surface area (Å²) in [5.74, 6) is 0.618. The third-order valence-electron chi connectivity index (χ3n) is 4.13. The molecule has 2 atom stereocenters. The Hall–Kier alpha value is -1.51. The van der Waals surface area contributed by atoms with Gasteiger partial charge in [-0.1, -0.05) is 53.5 Å². The molecule has 2 aromatic carbocycles. The minimum absolute atomic E-state index is 0.0773. The van der Waals surface area contributed by atoms with Gasteiger partial charge in [-0.25, -0.2) is 0 Å². The Kier molecular flexibility index (Phi) is 2.45. The minimum Gasteiger partial charge on any atom is -0.488 e. The number of benzene rings is 2. The molecule has 1 aliphatic heterocycles. The molecule has 0 N–H and O–H groups in total. The largest absolute Gasteiger partial charge is 0.488 e. The predicted octanol–water partition coefficient (Wildman–Crippen LogP) is 4.28. The Labute approximate surface area is 126 Å². The van der Waals surface area contributed by atoms with Gasteiger partial charge in [0.1, 0.15) is 11.9 Å². The molecule has 4 heteroatoms. The molecule has 100 valence electrons. The topological polar surface area (TPSA) is 26.3 Å². The van der Waals surface area contributed by atoms with Crippen molar-refractivity contribution in [3.05, 3.63) is 63.6 Å². The second-order valence-corrected chi connectivity index (χ2v) is 6.05. The molecular formula is C16H10Cl2O2. The molecule has 0 spiro atoms. The van der Waals surface area contributed by atoms with E-state index in [1.54, 1.807) is 12.1 Å². The van der Waals surface area contributed by atoms with Crippen molar-refractivity contribution in [2.24, 2.45) is 0 Å². The summed E-state index contributed by atoms with van der Waals surface area (Å²) in [5.41, 5.74) is 0.995. The van der Waals surface area contributed by atoms with Crippen LogP contribution in [0.4, 0.5) is 0 Å². The lowest BCUT2D eigenvalue weighted by molar-refractivity contribution is 0.0889. The van der Waals surface area contributed by atoms with E-state index in [1.807, 2.05) is 30.3 Å². The van der Waals surface area contributed by atoms with Crippen LogP contribution in [0.5, 0.6) is 5.75 Å². The lowest BCUT2D eigenvalue weighted by Gasteiger charge is -2.24. The summed E-state index contributed by atoms with van der Waals surface area (Å²) in [6, 6.07) is 13.0. The second-order valence-electron chi connectivity index (χ2n) is 5.24. The zero-order valence-electron chi connectivity index (χ0n) is 10.4. The smallest absolute Gasteiger partial charge is 0.181 e. The first-order valence-corrected chi connectivity index (χ1v) is 7.14. The highest BCUT2D eigenvalue weighted by Crippen LogP contribution is 2.57. The van der Waals surface area contributed by atoms with Gasteiger partial charge in [-0.05, 0) is 11.6 Å². The predicted molar refractivity (Wildman–Crippen MR) is 77.9 cm³/mol. The summed E-state index contributed by atoms with van der Waals surface area (Å²) in [6.07, 6.45) is 0.613. The Bertz CT molecular complexity index is 727. The first-order valence-electron chi connectivity index (χ1n) is 6.39. The van der Waals surface area contributed by atoms with Crippen LogP contribution in [0.2, 0.25) is 10.0 Å². The molecule has 0 amide bonds. The van der Waals surface area contributed by atoms with Crippen LogP contribution in [-0.2, 0) is 5.41 Å². The number of halogens is 2. The van der Waals surface area contributed by atoms with Gasteiger partial charge >= 0.3 is 0 Å². The van der Waals surface area contributed by atoms with Gasteiger partial charge in [-0.3, -0.25) is 4.79 Å². The highest BCUT2D eigenvalue weighted by atomic mass is 35.5. The van der Waals surface area contributed by atoms with Gasteiger partial charge < -0.3 is 4.74 Å². The quantitative estimate of drug-likeness (QED) is 0.786. The van der Waals surface area contributed by atoms with Gasteiger partial charge in [0.05, 0.1) is 21.0 Å². The molecule has 20 heavy (non-hydrogen) atoms. The molecule has 4 rings (SSSR count). The van der Waals surface area contributed by atoms with E-state index < -0.39 is 5.41 Å². The van der Waals surface area contributed by atoms with Crippen molar-refractivity contribution in [3.63, 3.8) is 0 Å². The molecule has 2 unspecified atom stereocenters. The minimum atomic E-state index is -0.536. The third-order valence-corrected chi connectivity index (χ3v) is 4.85. The number of ether oxygens (including phenoxy) is 1. The van der Waals surface area contributed by atoms with E-state index in [-0.39, 0.29) is 11.9 Å². The Morgan fingerprint density at radius 1 is 1.10 bits per heavy atom. The maximum absolute atomic E-state index is 12.9. The van der Waals surface area contributed by atoms with E-state index in [9.17, 15) is 4.79 Å². The fourth-order valence-corrected chi connectivity index (χ4v) is 3.30. The molecule has 0 radical (unpaired) electrons. The SMILES string of the molecule is O=C1c2cc(Cl)c(Cl)cc2OC2CC12c1ccccc1. The summed E-state index contributed by atoms with van der Waals surface area (Å²) >= 11 is 12.0. The first-order chi connectivity index (χ1) is 9.63. The highest BCUT2D eigenvalue weighted by molar-refractivity contribution is 6.42. The summed E-state index contributed by atoms with van der Waals surface area (Å²) in [6.45, 7) is 0. The normalized spacial score (nSPS) is 26.5. The lowest BCUT2D eigenvalue weighted by atomic mass is 9.85. The molecule has 2 aliphatic rings. The molecule has 1 fully saturated rings. The maximum Gasteiger partial charge on any atom is 0.181 e. The average Bonchev–Trinajstić information content (AvgIpc) is 3.18. The number of Topliss-reactive ketones (excluding diaryl/α,β-unsaturated/α-hetero) is 1. The van der Waals surface area contributed by atoms with Crippen molar-refractivity contribution in [1.29, 1.82) is 0 Å². The van der Waals surface area contributed by atoms with Crippen LogP contribution in [0, 0.1) is 0 Å². The summed E-state index contributed by atoms with van der Waals surface area (Å²) in [4.78, 5) is 12.9. The van der Waals surface area contributed by atoms with Crippen molar-refractivity contribution >= 4 is 29.0 Å². The number of fused-ring (bicyclic) bond motifs is 2. The van der Waals surface area contributed by atoms with E-state index in [2.05, 4.69) is 0 Å². The van der Waals surface area contributed by atoms with E-state index >= 15 is 0 Å². The lowest BCUT2D eigenvalue weighted by Crippen LogP contribution is -2.31. The van der Waals surface area contributed by atoms with Crippen LogP contribution in [-0.4, -0.2) is 11.9 Å². The summed E-state index contributed by atoms with van der Waals surface area (Å²) in [7, 11) is 0. The van der Waals surface area contributed by atoms with Crippen LogP contribution in [0.3, 0.4) is 0 Å². The zero-order valence-corrected chi connectivity index (χ0v) is 11.9. The number of carbonyl (C=O) groups is 1. The monoisotopic (exact) mass is 304 g/mol. The van der Waals surface area contributed by atoms with E-state index in [0.717, 1.165) is 5.56 Å². The summed E-state index contributed by atoms with van der Waals surface area (Å²) < 4.78 is 5.91. The van der Waals surface area contributed by atoms with Gasteiger partial charge in [0.2, 0.25) is 0 Å². The molecule has 0 aromatic heterocycles. The van der Waals surface area contributed by atoms with Crippen LogP contribution >= 0.6 is 23.2 Å². The molecule has 2 nitrogen and oxygen atoms in total.